The van der Waals surface area contributed by atoms with Crippen molar-refractivity contribution in [1.82, 2.24) is 24.5 Å². The van der Waals surface area contributed by atoms with Crippen LogP contribution in [0.4, 0.5) is 6.01 Å². The van der Waals surface area contributed by atoms with Crippen LogP contribution in [0.5, 0.6) is 0 Å². The molecule has 4 aromatic heterocycles. The molecule has 6 rings (SSSR count). The number of hydrogen-bond donors (Lipinski definition) is 0. The van der Waals surface area contributed by atoms with Gasteiger partial charge >= 0.3 is 6.01 Å². The Hall–Kier alpha value is -4.46. The van der Waals surface area contributed by atoms with Gasteiger partial charge in [-0.3, -0.25) is 4.57 Å². The molecule has 0 radical (unpaired) electrons. The molecule has 4 heterocycles. The molecule has 0 saturated carbocycles. The van der Waals surface area contributed by atoms with Gasteiger partial charge in [-0.15, -0.1) is 0 Å². The maximum absolute atomic E-state index is 5.92. The zero-order chi connectivity index (χ0) is 21.7. The van der Waals surface area contributed by atoms with Crippen LogP contribution in [0.15, 0.2) is 81.8 Å². The molecule has 156 valence electrons. The Morgan fingerprint density at radius 3 is 2.25 bits per heavy atom. The van der Waals surface area contributed by atoms with Gasteiger partial charge in [0.05, 0.1) is 0 Å². The highest BCUT2D eigenvalue weighted by atomic mass is 16.4. The fourth-order valence-electron chi connectivity index (χ4n) is 3.65. The van der Waals surface area contributed by atoms with Crippen molar-refractivity contribution < 1.29 is 8.83 Å². The van der Waals surface area contributed by atoms with Crippen LogP contribution in [-0.4, -0.2) is 38.6 Å². The van der Waals surface area contributed by atoms with E-state index >= 15 is 0 Å². The quantitative estimate of drug-likeness (QED) is 0.397. The van der Waals surface area contributed by atoms with Gasteiger partial charge in [0.1, 0.15) is 5.52 Å². The lowest BCUT2D eigenvalue weighted by molar-refractivity contribution is 0.578. The monoisotopic (exact) mass is 422 g/mol. The van der Waals surface area contributed by atoms with Crippen LogP contribution in [0.1, 0.15) is 0 Å². The molecular formula is C24H18N6O2. The van der Waals surface area contributed by atoms with E-state index in [1.54, 1.807) is 11.1 Å². The Kier molecular flexibility index (Phi) is 4.04. The molecule has 0 saturated heterocycles. The molecule has 0 atom stereocenters. The van der Waals surface area contributed by atoms with Gasteiger partial charge in [0.2, 0.25) is 5.82 Å². The summed E-state index contributed by atoms with van der Waals surface area (Å²) < 4.78 is 13.5. The molecule has 0 amide bonds. The molecule has 0 bridgehead atoms. The van der Waals surface area contributed by atoms with Crippen LogP contribution in [0.2, 0.25) is 0 Å². The first kappa shape index (κ1) is 18.3. The van der Waals surface area contributed by atoms with Gasteiger partial charge < -0.3 is 13.7 Å². The minimum absolute atomic E-state index is 0.321. The smallest absolute Gasteiger partial charge is 0.302 e. The standard InChI is InChI=1S/C24H18N6O2/c1-29(2)24-28-23-22(32-24)27-21(31-23)20-26-18-9-6-14-25-19(18)30(20)17-12-10-16(11-13-17)15-7-4-3-5-8-15/h3-14H,1-2H3. The summed E-state index contributed by atoms with van der Waals surface area (Å²) >= 11 is 0. The summed E-state index contributed by atoms with van der Waals surface area (Å²) in [5, 5.41) is 0. The summed E-state index contributed by atoms with van der Waals surface area (Å²) in [4.78, 5) is 19.9. The maximum atomic E-state index is 5.92. The van der Waals surface area contributed by atoms with Gasteiger partial charge in [0.25, 0.3) is 17.3 Å². The molecule has 0 aliphatic heterocycles. The Morgan fingerprint density at radius 2 is 1.50 bits per heavy atom. The number of nitrogens with zero attached hydrogens (tertiary/aromatic N) is 6. The van der Waals surface area contributed by atoms with E-state index in [0.29, 0.717) is 34.8 Å². The van der Waals surface area contributed by atoms with Crippen molar-refractivity contribution in [3.63, 3.8) is 0 Å². The summed E-state index contributed by atoms with van der Waals surface area (Å²) in [5.74, 6) is 0.854. The van der Waals surface area contributed by atoms with E-state index in [9.17, 15) is 0 Å². The van der Waals surface area contributed by atoms with Crippen molar-refractivity contribution in [1.29, 1.82) is 0 Å². The van der Waals surface area contributed by atoms with Gasteiger partial charge in [0, 0.05) is 26.0 Å². The van der Waals surface area contributed by atoms with E-state index in [0.717, 1.165) is 22.3 Å². The molecule has 0 fully saturated rings. The first-order valence-corrected chi connectivity index (χ1v) is 10.1. The van der Waals surface area contributed by atoms with Crippen molar-refractivity contribution >= 4 is 28.6 Å². The third kappa shape index (κ3) is 2.92. The van der Waals surface area contributed by atoms with Crippen LogP contribution in [0.25, 0.3) is 51.1 Å². The van der Waals surface area contributed by atoms with Crippen molar-refractivity contribution in [3.8, 4) is 28.5 Å². The second-order valence-electron chi connectivity index (χ2n) is 7.55. The van der Waals surface area contributed by atoms with Crippen LogP contribution in [0, 0.1) is 0 Å². The first-order chi connectivity index (χ1) is 15.7. The molecule has 8 nitrogen and oxygen atoms in total. The number of oxazole rings is 2. The summed E-state index contributed by atoms with van der Waals surface area (Å²) in [5.41, 5.74) is 5.30. The van der Waals surface area contributed by atoms with Crippen LogP contribution < -0.4 is 4.90 Å². The molecule has 8 heteroatoms. The highest BCUT2D eigenvalue weighted by Gasteiger charge is 2.23. The lowest BCUT2D eigenvalue weighted by atomic mass is 10.1. The van der Waals surface area contributed by atoms with E-state index in [1.165, 1.54) is 0 Å². The number of imidazole rings is 1. The highest BCUT2D eigenvalue weighted by molar-refractivity contribution is 5.80. The Labute approximate surface area is 182 Å². The topological polar surface area (TPSA) is 86.0 Å². The lowest BCUT2D eigenvalue weighted by Crippen LogP contribution is -2.08. The average molecular weight is 422 g/mol. The third-order valence-electron chi connectivity index (χ3n) is 5.19. The molecule has 0 spiro atoms. The fraction of sp³-hybridized carbons (Fsp3) is 0.0833. The number of pyridine rings is 1. The molecule has 6 aromatic rings. The van der Waals surface area contributed by atoms with E-state index in [1.807, 2.05) is 61.1 Å². The van der Waals surface area contributed by atoms with E-state index in [2.05, 4.69) is 39.2 Å². The maximum Gasteiger partial charge on any atom is 0.302 e. The van der Waals surface area contributed by atoms with Crippen molar-refractivity contribution in [2.45, 2.75) is 0 Å². The van der Waals surface area contributed by atoms with Crippen LogP contribution in [-0.2, 0) is 0 Å². The van der Waals surface area contributed by atoms with Gasteiger partial charge in [-0.2, -0.15) is 9.97 Å². The zero-order valence-electron chi connectivity index (χ0n) is 17.4. The molecule has 2 aromatic carbocycles. The summed E-state index contributed by atoms with van der Waals surface area (Å²) in [7, 11) is 3.69. The minimum atomic E-state index is 0.321. The number of benzene rings is 2. The second kappa shape index (κ2) is 7.05. The highest BCUT2D eigenvalue weighted by Crippen LogP contribution is 2.31. The van der Waals surface area contributed by atoms with Gasteiger partial charge in [-0.05, 0) is 35.4 Å². The Balaban J connectivity index is 1.49. The molecule has 0 aliphatic carbocycles. The molecular weight excluding hydrogens is 404 g/mol. The third-order valence-corrected chi connectivity index (χ3v) is 5.19. The molecule has 0 unspecified atom stereocenters. The van der Waals surface area contributed by atoms with Gasteiger partial charge in [-0.25, -0.2) is 9.97 Å². The summed E-state index contributed by atoms with van der Waals surface area (Å²) in [6, 6.07) is 22.7. The lowest BCUT2D eigenvalue weighted by Gasteiger charge is -2.08. The summed E-state index contributed by atoms with van der Waals surface area (Å²) in [6.45, 7) is 0. The number of hydrogen-bond acceptors (Lipinski definition) is 7. The second-order valence-corrected chi connectivity index (χ2v) is 7.55. The largest absolute Gasteiger partial charge is 0.411 e. The predicted octanol–water partition coefficient (Wildman–Crippen LogP) is 4.95. The van der Waals surface area contributed by atoms with Gasteiger partial charge in [-0.1, -0.05) is 42.5 Å². The molecule has 32 heavy (non-hydrogen) atoms. The average Bonchev–Trinajstić information content (AvgIpc) is 3.51. The van der Waals surface area contributed by atoms with E-state index < -0.39 is 0 Å². The van der Waals surface area contributed by atoms with Gasteiger partial charge in [0.15, 0.2) is 5.65 Å². The van der Waals surface area contributed by atoms with Crippen molar-refractivity contribution in [2.75, 3.05) is 19.0 Å². The minimum Gasteiger partial charge on any atom is -0.411 e. The van der Waals surface area contributed by atoms with Crippen molar-refractivity contribution in [3.05, 3.63) is 72.9 Å². The number of anilines is 1. The van der Waals surface area contributed by atoms with E-state index in [4.69, 9.17) is 13.8 Å². The first-order valence-electron chi connectivity index (χ1n) is 10.1. The van der Waals surface area contributed by atoms with Crippen LogP contribution in [0.3, 0.4) is 0 Å². The molecule has 0 aliphatic rings. The molecule has 0 N–H and O–H groups in total. The zero-order valence-corrected chi connectivity index (χ0v) is 17.4. The Bertz CT molecular complexity index is 1510. The Morgan fingerprint density at radius 1 is 0.750 bits per heavy atom. The number of fused-ring (bicyclic) bond motifs is 2. The fourth-order valence-corrected chi connectivity index (χ4v) is 3.65. The van der Waals surface area contributed by atoms with Crippen LogP contribution >= 0.6 is 0 Å². The van der Waals surface area contributed by atoms with E-state index in [-0.39, 0.29) is 0 Å². The summed E-state index contributed by atoms with van der Waals surface area (Å²) in [6.07, 6.45) is 1.74. The SMILES string of the molecule is CN(C)c1nc2oc(-c3nc4cccnc4n3-c3ccc(-c4ccccc4)cc3)nc2o1. The number of rotatable bonds is 4. The normalized spacial score (nSPS) is 11.4. The van der Waals surface area contributed by atoms with Crippen molar-refractivity contribution in [2.24, 2.45) is 0 Å². The number of aromatic nitrogens is 5. The predicted molar refractivity (Wildman–Crippen MR) is 122 cm³/mol.